The minimum absolute atomic E-state index is 1.14. The average molecular weight is 155 g/mol. The molecule has 1 nitrogen and oxygen atoms in total. The highest BCUT2D eigenvalue weighted by molar-refractivity contribution is 4.66. The number of hydrogen-bond acceptors (Lipinski definition) is 1. The van der Waals surface area contributed by atoms with E-state index < -0.39 is 0 Å². The molecule has 0 aliphatic rings. The highest BCUT2D eigenvalue weighted by Crippen LogP contribution is 1.91. The van der Waals surface area contributed by atoms with E-state index in [4.69, 9.17) is 0 Å². The van der Waals surface area contributed by atoms with Gasteiger partial charge >= 0.3 is 0 Å². The molecule has 0 spiro atoms. The van der Waals surface area contributed by atoms with Crippen molar-refractivity contribution >= 4 is 0 Å². The predicted octanol–water partition coefficient (Wildman–Crippen LogP) is 2.73. The Balaban J connectivity index is 2.74. The number of hydrogen-bond donors (Lipinski definition) is 1. The minimum Gasteiger partial charge on any atom is -0.317 e. The molecule has 0 fully saturated rings. The molecule has 66 valence electrons. The first kappa shape index (κ1) is 10.7. The van der Waals surface area contributed by atoms with Crippen molar-refractivity contribution in [1.82, 2.24) is 5.32 Å². The zero-order valence-electron chi connectivity index (χ0n) is 7.73. The first-order valence-corrected chi connectivity index (χ1v) is 4.73. The minimum atomic E-state index is 1.14. The third-order valence-electron chi connectivity index (χ3n) is 1.72. The summed E-state index contributed by atoms with van der Waals surface area (Å²) in [7, 11) is 0. The molecule has 0 aliphatic heterocycles. The number of nitrogens with one attached hydrogen (secondary N) is 1. The van der Waals surface area contributed by atoms with Crippen molar-refractivity contribution in [1.29, 1.82) is 0 Å². The summed E-state index contributed by atoms with van der Waals surface area (Å²) < 4.78 is 0. The van der Waals surface area contributed by atoms with Crippen molar-refractivity contribution in [2.24, 2.45) is 0 Å². The maximum Gasteiger partial charge on any atom is -0.00460 e. The van der Waals surface area contributed by atoms with Gasteiger partial charge in [-0.15, -0.1) is 6.58 Å². The molecule has 0 aromatic heterocycles. The van der Waals surface area contributed by atoms with Crippen LogP contribution in [0.4, 0.5) is 0 Å². The van der Waals surface area contributed by atoms with Gasteiger partial charge in [-0.05, 0) is 32.4 Å². The summed E-state index contributed by atoms with van der Waals surface area (Å²) >= 11 is 0. The standard InChI is InChI=1S/C10H21N/c1-3-5-7-9-11-10-8-6-4-2/h3,11H,1,4-10H2,2H3. The summed E-state index contributed by atoms with van der Waals surface area (Å²) in [5.41, 5.74) is 0. The van der Waals surface area contributed by atoms with Crippen molar-refractivity contribution in [3.63, 3.8) is 0 Å². The Hall–Kier alpha value is -0.300. The van der Waals surface area contributed by atoms with Crippen LogP contribution in [0, 0.1) is 0 Å². The average Bonchev–Trinajstić information content (AvgIpc) is 2.03. The Bertz CT molecular complexity index is 78.9. The van der Waals surface area contributed by atoms with Crippen LogP contribution >= 0.6 is 0 Å². The second-order valence-electron chi connectivity index (χ2n) is 2.89. The summed E-state index contributed by atoms with van der Waals surface area (Å²) in [5.74, 6) is 0. The van der Waals surface area contributed by atoms with Crippen molar-refractivity contribution < 1.29 is 0 Å². The van der Waals surface area contributed by atoms with Crippen LogP contribution in [0.3, 0.4) is 0 Å². The topological polar surface area (TPSA) is 12.0 Å². The zero-order chi connectivity index (χ0) is 8.36. The molecule has 0 aliphatic carbocycles. The molecule has 0 atom stereocenters. The van der Waals surface area contributed by atoms with E-state index in [0.717, 1.165) is 13.0 Å². The lowest BCUT2D eigenvalue weighted by Crippen LogP contribution is -2.16. The molecule has 0 aromatic carbocycles. The van der Waals surface area contributed by atoms with Gasteiger partial charge in [0.1, 0.15) is 0 Å². The fourth-order valence-corrected chi connectivity index (χ4v) is 0.996. The maximum absolute atomic E-state index is 3.68. The highest BCUT2D eigenvalue weighted by Gasteiger charge is 1.86. The van der Waals surface area contributed by atoms with E-state index in [1.165, 1.54) is 32.2 Å². The fraction of sp³-hybridized carbons (Fsp3) is 0.800. The predicted molar refractivity (Wildman–Crippen MR) is 51.8 cm³/mol. The smallest absolute Gasteiger partial charge is 0.00460 e. The van der Waals surface area contributed by atoms with Gasteiger partial charge in [-0.25, -0.2) is 0 Å². The first-order chi connectivity index (χ1) is 5.41. The Labute approximate surface area is 70.9 Å². The summed E-state index contributed by atoms with van der Waals surface area (Å²) in [6.45, 7) is 8.25. The maximum atomic E-state index is 3.68. The molecule has 0 rings (SSSR count). The van der Waals surface area contributed by atoms with E-state index >= 15 is 0 Å². The van der Waals surface area contributed by atoms with Crippen LogP contribution in [-0.4, -0.2) is 13.1 Å². The zero-order valence-corrected chi connectivity index (χ0v) is 7.73. The third kappa shape index (κ3) is 9.70. The lowest BCUT2D eigenvalue weighted by molar-refractivity contribution is 0.602. The summed E-state index contributed by atoms with van der Waals surface area (Å²) in [6, 6.07) is 0. The van der Waals surface area contributed by atoms with Gasteiger partial charge < -0.3 is 5.32 Å². The monoisotopic (exact) mass is 155 g/mol. The van der Waals surface area contributed by atoms with E-state index in [-0.39, 0.29) is 0 Å². The Kier molecular flexibility index (Phi) is 9.44. The highest BCUT2D eigenvalue weighted by atomic mass is 14.8. The molecule has 0 saturated carbocycles. The molecule has 1 N–H and O–H groups in total. The van der Waals surface area contributed by atoms with Crippen molar-refractivity contribution in [3.05, 3.63) is 12.7 Å². The van der Waals surface area contributed by atoms with Gasteiger partial charge in [0.05, 0.1) is 0 Å². The van der Waals surface area contributed by atoms with Crippen molar-refractivity contribution in [2.45, 2.75) is 39.0 Å². The molecule has 1 heteroatoms. The summed E-state index contributed by atoms with van der Waals surface area (Å²) in [6.07, 6.45) is 8.34. The fourth-order valence-electron chi connectivity index (χ4n) is 0.996. The summed E-state index contributed by atoms with van der Waals surface area (Å²) in [5, 5.41) is 3.41. The molecule has 0 aromatic rings. The summed E-state index contributed by atoms with van der Waals surface area (Å²) in [4.78, 5) is 0. The van der Waals surface area contributed by atoms with Crippen molar-refractivity contribution in [3.8, 4) is 0 Å². The van der Waals surface area contributed by atoms with E-state index in [9.17, 15) is 0 Å². The molecule has 0 radical (unpaired) electrons. The molecular formula is C10H21N. The van der Waals surface area contributed by atoms with Gasteiger partial charge in [0.25, 0.3) is 0 Å². The largest absolute Gasteiger partial charge is 0.317 e. The lowest BCUT2D eigenvalue weighted by Gasteiger charge is -2.01. The lowest BCUT2D eigenvalue weighted by atomic mass is 10.2. The third-order valence-corrected chi connectivity index (χ3v) is 1.72. The van der Waals surface area contributed by atoms with E-state index in [1.54, 1.807) is 0 Å². The number of allylic oxidation sites excluding steroid dienone is 1. The number of rotatable bonds is 8. The van der Waals surface area contributed by atoms with Gasteiger partial charge in [-0.2, -0.15) is 0 Å². The second kappa shape index (κ2) is 9.70. The molecule has 0 amide bonds. The molecular weight excluding hydrogens is 134 g/mol. The van der Waals surface area contributed by atoms with Gasteiger partial charge in [0.2, 0.25) is 0 Å². The van der Waals surface area contributed by atoms with Crippen LogP contribution in [-0.2, 0) is 0 Å². The Morgan fingerprint density at radius 1 is 1.18 bits per heavy atom. The van der Waals surface area contributed by atoms with Crippen molar-refractivity contribution in [2.75, 3.05) is 13.1 Å². The van der Waals surface area contributed by atoms with Gasteiger partial charge in [-0.3, -0.25) is 0 Å². The van der Waals surface area contributed by atoms with Crippen LogP contribution in [0.1, 0.15) is 39.0 Å². The molecule has 0 bridgehead atoms. The molecule has 0 saturated heterocycles. The van der Waals surface area contributed by atoms with E-state index in [0.29, 0.717) is 0 Å². The molecule has 0 heterocycles. The van der Waals surface area contributed by atoms with Crippen LogP contribution in [0.15, 0.2) is 12.7 Å². The van der Waals surface area contributed by atoms with Gasteiger partial charge in [0, 0.05) is 0 Å². The SMILES string of the molecule is C=CCCCNCCCCC. The van der Waals surface area contributed by atoms with Crippen LogP contribution in [0.5, 0.6) is 0 Å². The number of unbranched alkanes of at least 4 members (excludes halogenated alkanes) is 3. The Morgan fingerprint density at radius 3 is 2.55 bits per heavy atom. The first-order valence-electron chi connectivity index (χ1n) is 4.73. The van der Waals surface area contributed by atoms with E-state index in [2.05, 4.69) is 18.8 Å². The van der Waals surface area contributed by atoms with Crippen LogP contribution in [0.25, 0.3) is 0 Å². The molecule has 0 unspecified atom stereocenters. The second-order valence-corrected chi connectivity index (χ2v) is 2.89. The van der Waals surface area contributed by atoms with Crippen LogP contribution < -0.4 is 5.32 Å². The van der Waals surface area contributed by atoms with Crippen LogP contribution in [0.2, 0.25) is 0 Å². The quantitative estimate of drug-likeness (QED) is 0.420. The van der Waals surface area contributed by atoms with Gasteiger partial charge in [0.15, 0.2) is 0 Å². The molecule has 11 heavy (non-hydrogen) atoms. The van der Waals surface area contributed by atoms with E-state index in [1.807, 2.05) is 6.08 Å². The Morgan fingerprint density at radius 2 is 1.91 bits per heavy atom. The normalized spacial score (nSPS) is 9.91. The van der Waals surface area contributed by atoms with Gasteiger partial charge in [-0.1, -0.05) is 25.8 Å².